The lowest BCUT2D eigenvalue weighted by Gasteiger charge is -2.06. The Morgan fingerprint density at radius 2 is 1.37 bits per heavy atom. The minimum absolute atomic E-state index is 0.00278. The number of hydrogen-bond donors (Lipinski definition) is 0. The zero-order valence-corrected chi connectivity index (χ0v) is 18.5. The maximum atomic E-state index is 12.9. The van der Waals surface area contributed by atoms with Gasteiger partial charge in [-0.2, -0.15) is 0 Å². The molecule has 7 heteroatoms. The van der Waals surface area contributed by atoms with E-state index in [1.165, 1.54) is 0 Å². The van der Waals surface area contributed by atoms with Crippen LogP contribution in [0.25, 0.3) is 38.2 Å². The SMILES string of the molecule is CC.CC.CS(=O)(=O)[O-].O=c1c2cccc3cccc(c32)c2nc3ccccc3n12. The summed E-state index contributed by atoms with van der Waals surface area (Å²) in [6.07, 6.45) is 0.604. The number of hydrogen-bond acceptors (Lipinski definition) is 5. The van der Waals surface area contributed by atoms with Crippen LogP contribution in [0, 0.1) is 0 Å². The van der Waals surface area contributed by atoms with E-state index in [1.54, 1.807) is 4.40 Å². The van der Waals surface area contributed by atoms with Gasteiger partial charge in [-0.15, -0.1) is 0 Å². The summed E-state index contributed by atoms with van der Waals surface area (Å²) in [5.74, 6) is 0. The van der Waals surface area contributed by atoms with Crippen LogP contribution in [0.2, 0.25) is 0 Å². The Hall–Kier alpha value is -3.03. The molecular weight excluding hydrogens is 400 g/mol. The van der Waals surface area contributed by atoms with Crippen LogP contribution in [-0.2, 0) is 10.1 Å². The third kappa shape index (κ3) is 4.58. The normalized spacial score (nSPS) is 10.7. The van der Waals surface area contributed by atoms with Gasteiger partial charge in [0, 0.05) is 22.4 Å². The molecule has 0 aliphatic heterocycles. The molecule has 0 unspecified atom stereocenters. The van der Waals surface area contributed by atoms with Gasteiger partial charge in [0.1, 0.15) is 5.65 Å². The summed E-state index contributed by atoms with van der Waals surface area (Å²) >= 11 is 0. The lowest BCUT2D eigenvalue weighted by atomic mass is 10.0. The molecule has 0 aliphatic rings. The van der Waals surface area contributed by atoms with E-state index in [0.29, 0.717) is 6.26 Å². The predicted octanol–water partition coefficient (Wildman–Crippen LogP) is 4.81. The molecule has 0 aliphatic carbocycles. The van der Waals surface area contributed by atoms with Crippen molar-refractivity contribution in [2.24, 2.45) is 0 Å². The van der Waals surface area contributed by atoms with Crippen molar-refractivity contribution in [3.05, 3.63) is 71.0 Å². The van der Waals surface area contributed by atoms with Gasteiger partial charge < -0.3 is 4.55 Å². The lowest BCUT2D eigenvalue weighted by molar-refractivity contribution is 0.470. The fraction of sp³-hybridized carbons (Fsp3) is 0.217. The van der Waals surface area contributed by atoms with Crippen molar-refractivity contribution in [3.63, 3.8) is 0 Å². The standard InChI is InChI=1S/C18H10N2O.2C2H6.CH4O3S/c21-18-13-8-4-6-11-5-3-7-12(16(11)13)17-19-14-9-1-2-10-15(14)20(17)18;2*1-2;1-5(2,3)4/h1-10H;2*1-2H3;1H3,(H,2,3,4)/p-1. The number of para-hydroxylation sites is 2. The van der Waals surface area contributed by atoms with Gasteiger partial charge in [-0.1, -0.05) is 70.2 Å². The van der Waals surface area contributed by atoms with E-state index in [9.17, 15) is 4.79 Å². The highest BCUT2D eigenvalue weighted by Crippen LogP contribution is 2.29. The van der Waals surface area contributed by atoms with Crippen molar-refractivity contribution in [1.29, 1.82) is 0 Å². The van der Waals surface area contributed by atoms with Crippen LogP contribution < -0.4 is 5.56 Å². The average molecular weight is 426 g/mol. The number of rotatable bonds is 0. The molecule has 3 aromatic carbocycles. The largest absolute Gasteiger partial charge is 0.748 e. The van der Waals surface area contributed by atoms with Crippen LogP contribution in [0.3, 0.4) is 0 Å². The molecule has 0 saturated heterocycles. The van der Waals surface area contributed by atoms with Crippen LogP contribution in [-0.4, -0.2) is 28.6 Å². The number of fused-ring (bicyclic) bond motifs is 4. The summed E-state index contributed by atoms with van der Waals surface area (Å²) in [7, 11) is -3.92. The summed E-state index contributed by atoms with van der Waals surface area (Å²) in [6.45, 7) is 8.00. The molecule has 30 heavy (non-hydrogen) atoms. The minimum atomic E-state index is -3.92. The molecule has 5 aromatic rings. The second-order valence-electron chi connectivity index (χ2n) is 5.98. The molecule has 2 heterocycles. The molecule has 0 atom stereocenters. The Labute approximate surface area is 175 Å². The molecule has 0 bridgehead atoms. The van der Waals surface area contributed by atoms with Crippen LogP contribution in [0.15, 0.2) is 65.5 Å². The van der Waals surface area contributed by atoms with Crippen molar-refractivity contribution in [2.75, 3.05) is 6.26 Å². The van der Waals surface area contributed by atoms with Gasteiger partial charge in [-0.05, 0) is 23.6 Å². The maximum absolute atomic E-state index is 12.9. The van der Waals surface area contributed by atoms with Crippen LogP contribution in [0.5, 0.6) is 0 Å². The first-order chi connectivity index (χ1) is 14.3. The Morgan fingerprint density at radius 1 is 0.833 bits per heavy atom. The van der Waals surface area contributed by atoms with Crippen molar-refractivity contribution < 1.29 is 13.0 Å². The highest BCUT2D eigenvalue weighted by molar-refractivity contribution is 7.84. The number of pyridine rings is 1. The topological polar surface area (TPSA) is 91.6 Å². The maximum Gasteiger partial charge on any atom is 0.264 e. The van der Waals surface area contributed by atoms with Gasteiger partial charge in [-0.25, -0.2) is 13.4 Å². The summed E-state index contributed by atoms with van der Waals surface area (Å²) < 4.78 is 29.0. The highest BCUT2D eigenvalue weighted by Gasteiger charge is 2.14. The van der Waals surface area contributed by atoms with Crippen molar-refractivity contribution in [1.82, 2.24) is 9.38 Å². The van der Waals surface area contributed by atoms with Gasteiger partial charge in [0.05, 0.1) is 21.2 Å². The monoisotopic (exact) mass is 425 g/mol. The summed E-state index contributed by atoms with van der Waals surface area (Å²) in [5.41, 5.74) is 2.46. The van der Waals surface area contributed by atoms with E-state index < -0.39 is 10.1 Å². The van der Waals surface area contributed by atoms with E-state index in [4.69, 9.17) is 13.0 Å². The van der Waals surface area contributed by atoms with Gasteiger partial charge in [0.2, 0.25) is 0 Å². The Bertz CT molecular complexity index is 1430. The molecule has 0 N–H and O–H groups in total. The molecule has 158 valence electrons. The second kappa shape index (κ2) is 9.65. The van der Waals surface area contributed by atoms with E-state index >= 15 is 0 Å². The third-order valence-corrected chi connectivity index (χ3v) is 4.14. The van der Waals surface area contributed by atoms with Crippen LogP contribution in [0.4, 0.5) is 0 Å². The van der Waals surface area contributed by atoms with E-state index in [2.05, 4.69) is 4.98 Å². The number of imidazole rings is 1. The van der Waals surface area contributed by atoms with Crippen molar-refractivity contribution >= 4 is 48.3 Å². The van der Waals surface area contributed by atoms with Gasteiger partial charge in [-0.3, -0.25) is 9.20 Å². The zero-order chi connectivity index (χ0) is 22.5. The Morgan fingerprint density at radius 3 is 1.97 bits per heavy atom. The van der Waals surface area contributed by atoms with E-state index in [0.717, 1.165) is 38.2 Å². The zero-order valence-electron chi connectivity index (χ0n) is 17.7. The second-order valence-corrected chi connectivity index (χ2v) is 7.39. The minimum Gasteiger partial charge on any atom is -0.748 e. The summed E-state index contributed by atoms with van der Waals surface area (Å²) in [6, 6.07) is 19.7. The molecule has 2 aromatic heterocycles. The van der Waals surface area contributed by atoms with Crippen molar-refractivity contribution in [2.45, 2.75) is 27.7 Å². The summed E-state index contributed by atoms with van der Waals surface area (Å²) in [4.78, 5) is 17.6. The first-order valence-electron chi connectivity index (χ1n) is 9.80. The number of aromatic nitrogens is 2. The van der Waals surface area contributed by atoms with Gasteiger partial charge >= 0.3 is 0 Å². The third-order valence-electron chi connectivity index (χ3n) is 4.14. The molecule has 0 saturated carbocycles. The summed E-state index contributed by atoms with van der Waals surface area (Å²) in [5, 5.41) is 3.86. The van der Waals surface area contributed by atoms with Gasteiger partial charge in [0.25, 0.3) is 5.56 Å². The molecular formula is C23H25N2O4S-. The Balaban J connectivity index is 0.000000311. The average Bonchev–Trinajstić information content (AvgIpc) is 3.14. The molecule has 0 fully saturated rings. The quantitative estimate of drug-likeness (QED) is 0.332. The Kier molecular flexibility index (Phi) is 7.48. The highest BCUT2D eigenvalue weighted by atomic mass is 32.2. The molecule has 5 rings (SSSR count). The fourth-order valence-electron chi connectivity index (χ4n) is 3.24. The number of benzene rings is 3. The molecule has 0 radical (unpaired) electrons. The molecule has 6 nitrogen and oxygen atoms in total. The first kappa shape index (κ1) is 23.3. The van der Waals surface area contributed by atoms with E-state index in [1.807, 2.05) is 88.4 Å². The number of nitrogens with zero attached hydrogens (tertiary/aromatic N) is 2. The lowest BCUT2D eigenvalue weighted by Crippen LogP contribution is -2.13. The van der Waals surface area contributed by atoms with E-state index in [-0.39, 0.29) is 5.56 Å². The molecule has 0 spiro atoms. The predicted molar refractivity (Wildman–Crippen MR) is 123 cm³/mol. The van der Waals surface area contributed by atoms with Crippen molar-refractivity contribution in [3.8, 4) is 0 Å². The van der Waals surface area contributed by atoms with Gasteiger partial charge in [0.15, 0.2) is 0 Å². The van der Waals surface area contributed by atoms with Crippen LogP contribution >= 0.6 is 0 Å². The molecule has 0 amide bonds. The first-order valence-corrected chi connectivity index (χ1v) is 11.6. The van der Waals surface area contributed by atoms with Crippen LogP contribution in [0.1, 0.15) is 27.7 Å². The smallest absolute Gasteiger partial charge is 0.264 e. The fourth-order valence-corrected chi connectivity index (χ4v) is 3.24.